The number of fused-ring (bicyclic) bond motifs is 1. The second kappa shape index (κ2) is 4.97. The SMILES string of the molecule is Cc1cc(Cl)cc2c1N(CC1(CO)COC1)CCC2. The van der Waals surface area contributed by atoms with Gasteiger partial charge in [-0.2, -0.15) is 0 Å². The first-order chi connectivity index (χ1) is 9.13. The Balaban J connectivity index is 1.90. The molecule has 3 nitrogen and oxygen atoms in total. The summed E-state index contributed by atoms with van der Waals surface area (Å²) in [6.07, 6.45) is 2.24. The fourth-order valence-electron chi connectivity index (χ4n) is 3.21. The fraction of sp³-hybridized carbons (Fsp3) is 0.600. The maximum Gasteiger partial charge on any atom is 0.0584 e. The highest BCUT2D eigenvalue weighted by Crippen LogP contribution is 2.37. The number of hydrogen-bond acceptors (Lipinski definition) is 3. The quantitative estimate of drug-likeness (QED) is 0.924. The van der Waals surface area contributed by atoms with Gasteiger partial charge in [0, 0.05) is 23.8 Å². The van der Waals surface area contributed by atoms with Crippen molar-refractivity contribution in [3.63, 3.8) is 0 Å². The third kappa shape index (κ3) is 2.35. The van der Waals surface area contributed by atoms with E-state index in [-0.39, 0.29) is 12.0 Å². The molecule has 0 spiro atoms. The summed E-state index contributed by atoms with van der Waals surface area (Å²) in [7, 11) is 0. The number of anilines is 1. The number of nitrogens with zero attached hydrogens (tertiary/aromatic N) is 1. The number of aliphatic hydroxyl groups is 1. The highest BCUT2D eigenvalue weighted by Gasteiger charge is 2.40. The lowest BCUT2D eigenvalue weighted by atomic mass is 9.85. The number of aryl methyl sites for hydroxylation is 2. The first-order valence-corrected chi connectivity index (χ1v) is 7.24. The van der Waals surface area contributed by atoms with Crippen LogP contribution in [0.15, 0.2) is 12.1 Å². The van der Waals surface area contributed by atoms with E-state index in [4.69, 9.17) is 16.3 Å². The van der Waals surface area contributed by atoms with Gasteiger partial charge in [0.05, 0.1) is 25.2 Å². The van der Waals surface area contributed by atoms with E-state index in [2.05, 4.69) is 17.9 Å². The van der Waals surface area contributed by atoms with Gasteiger partial charge >= 0.3 is 0 Å². The molecule has 0 amide bonds. The summed E-state index contributed by atoms with van der Waals surface area (Å²) in [4.78, 5) is 2.41. The van der Waals surface area contributed by atoms with Crippen LogP contribution >= 0.6 is 11.6 Å². The van der Waals surface area contributed by atoms with Crippen LogP contribution < -0.4 is 4.90 Å². The van der Waals surface area contributed by atoms with Gasteiger partial charge in [-0.05, 0) is 43.0 Å². The molecule has 0 unspecified atom stereocenters. The molecule has 0 aromatic heterocycles. The first-order valence-electron chi connectivity index (χ1n) is 6.86. The number of halogens is 1. The van der Waals surface area contributed by atoms with Crippen molar-refractivity contribution in [1.82, 2.24) is 0 Å². The summed E-state index contributed by atoms with van der Waals surface area (Å²) in [5.41, 5.74) is 3.82. The Morgan fingerprint density at radius 2 is 2.21 bits per heavy atom. The molecule has 19 heavy (non-hydrogen) atoms. The minimum absolute atomic E-state index is 0.0688. The van der Waals surface area contributed by atoms with Gasteiger partial charge in [0.25, 0.3) is 0 Å². The van der Waals surface area contributed by atoms with Crippen molar-refractivity contribution in [3.05, 3.63) is 28.3 Å². The largest absolute Gasteiger partial charge is 0.396 e. The summed E-state index contributed by atoms with van der Waals surface area (Å²) in [6, 6.07) is 4.11. The van der Waals surface area contributed by atoms with E-state index in [9.17, 15) is 5.11 Å². The minimum Gasteiger partial charge on any atom is -0.396 e. The molecule has 2 aliphatic heterocycles. The van der Waals surface area contributed by atoms with E-state index in [0.29, 0.717) is 13.2 Å². The zero-order valence-corrected chi connectivity index (χ0v) is 12.0. The molecular formula is C15H20ClNO2. The molecular weight excluding hydrogens is 262 g/mol. The van der Waals surface area contributed by atoms with Gasteiger partial charge in [-0.1, -0.05) is 11.6 Å². The van der Waals surface area contributed by atoms with Gasteiger partial charge in [-0.15, -0.1) is 0 Å². The van der Waals surface area contributed by atoms with Crippen molar-refractivity contribution < 1.29 is 9.84 Å². The van der Waals surface area contributed by atoms with Crippen LogP contribution in [0.3, 0.4) is 0 Å². The Bertz CT molecular complexity index is 480. The summed E-state index contributed by atoms with van der Waals surface area (Å²) in [5, 5.41) is 10.4. The van der Waals surface area contributed by atoms with Crippen LogP contribution in [0, 0.1) is 12.3 Å². The lowest BCUT2D eigenvalue weighted by molar-refractivity contribution is -0.131. The fourth-order valence-corrected chi connectivity index (χ4v) is 3.50. The number of rotatable bonds is 3. The highest BCUT2D eigenvalue weighted by atomic mass is 35.5. The monoisotopic (exact) mass is 281 g/mol. The van der Waals surface area contributed by atoms with Crippen LogP contribution in [-0.4, -0.2) is 38.0 Å². The van der Waals surface area contributed by atoms with Crippen molar-refractivity contribution in [1.29, 1.82) is 0 Å². The van der Waals surface area contributed by atoms with Crippen molar-refractivity contribution >= 4 is 17.3 Å². The zero-order chi connectivity index (χ0) is 13.5. The molecule has 2 aliphatic rings. The molecule has 1 N–H and O–H groups in total. The molecule has 0 bridgehead atoms. The number of hydrogen-bond donors (Lipinski definition) is 1. The summed E-state index contributed by atoms with van der Waals surface area (Å²) < 4.78 is 5.30. The molecule has 0 aliphatic carbocycles. The summed E-state index contributed by atoms with van der Waals surface area (Å²) >= 11 is 6.15. The van der Waals surface area contributed by atoms with Gasteiger partial charge in [-0.25, -0.2) is 0 Å². The Labute approximate surface area is 119 Å². The molecule has 2 heterocycles. The molecule has 1 saturated heterocycles. The van der Waals surface area contributed by atoms with E-state index < -0.39 is 0 Å². The van der Waals surface area contributed by atoms with Crippen molar-refractivity contribution in [2.24, 2.45) is 5.41 Å². The van der Waals surface area contributed by atoms with E-state index in [1.165, 1.54) is 16.8 Å². The van der Waals surface area contributed by atoms with Crippen LogP contribution in [0.5, 0.6) is 0 Å². The van der Waals surface area contributed by atoms with Gasteiger partial charge < -0.3 is 14.7 Å². The van der Waals surface area contributed by atoms with Gasteiger partial charge in [0.2, 0.25) is 0 Å². The lowest BCUT2D eigenvalue weighted by Gasteiger charge is -2.45. The van der Waals surface area contributed by atoms with Crippen molar-refractivity contribution in [2.45, 2.75) is 19.8 Å². The number of aliphatic hydroxyl groups excluding tert-OH is 1. The second-order valence-corrected chi connectivity index (χ2v) is 6.34. The van der Waals surface area contributed by atoms with E-state index >= 15 is 0 Å². The van der Waals surface area contributed by atoms with Crippen LogP contribution in [0.25, 0.3) is 0 Å². The average molecular weight is 282 g/mol. The first kappa shape index (κ1) is 13.2. The Morgan fingerprint density at radius 1 is 1.42 bits per heavy atom. The molecule has 104 valence electrons. The number of ether oxygens (including phenoxy) is 1. The molecule has 0 saturated carbocycles. The molecule has 3 rings (SSSR count). The molecule has 0 radical (unpaired) electrons. The summed E-state index contributed by atoms with van der Waals surface area (Å²) in [5.74, 6) is 0. The van der Waals surface area contributed by atoms with Crippen LogP contribution in [-0.2, 0) is 11.2 Å². The summed E-state index contributed by atoms with van der Waals surface area (Å²) in [6.45, 7) is 5.58. The molecule has 1 aromatic rings. The predicted molar refractivity (Wildman–Crippen MR) is 77.1 cm³/mol. The molecule has 1 fully saturated rings. The molecule has 1 aromatic carbocycles. The highest BCUT2D eigenvalue weighted by molar-refractivity contribution is 6.30. The maximum atomic E-state index is 9.60. The zero-order valence-electron chi connectivity index (χ0n) is 11.3. The molecule has 0 atom stereocenters. The lowest BCUT2D eigenvalue weighted by Crippen LogP contribution is -2.54. The van der Waals surface area contributed by atoms with Gasteiger partial charge in [0.1, 0.15) is 0 Å². The van der Waals surface area contributed by atoms with E-state index in [1.54, 1.807) is 0 Å². The topological polar surface area (TPSA) is 32.7 Å². The van der Waals surface area contributed by atoms with Gasteiger partial charge in [0.15, 0.2) is 0 Å². The standard InChI is InChI=1S/C15H20ClNO2/c1-11-5-13(16)6-12-3-2-4-17(14(11)12)7-15(8-18)9-19-10-15/h5-6,18H,2-4,7-10H2,1H3. The van der Waals surface area contributed by atoms with Crippen LogP contribution in [0.4, 0.5) is 5.69 Å². The normalized spacial score (nSPS) is 20.9. The smallest absolute Gasteiger partial charge is 0.0584 e. The minimum atomic E-state index is -0.0688. The Kier molecular flexibility index (Phi) is 3.46. The third-order valence-electron chi connectivity index (χ3n) is 4.21. The van der Waals surface area contributed by atoms with Crippen molar-refractivity contribution in [3.8, 4) is 0 Å². The second-order valence-electron chi connectivity index (χ2n) is 5.91. The Hall–Kier alpha value is -0.770. The van der Waals surface area contributed by atoms with Crippen LogP contribution in [0.1, 0.15) is 17.5 Å². The van der Waals surface area contributed by atoms with Gasteiger partial charge in [-0.3, -0.25) is 0 Å². The maximum absolute atomic E-state index is 9.60. The average Bonchev–Trinajstić information content (AvgIpc) is 2.33. The molecule has 4 heteroatoms. The van der Waals surface area contributed by atoms with E-state index in [1.807, 2.05) is 6.07 Å². The predicted octanol–water partition coefficient (Wildman–Crippen LogP) is 2.41. The van der Waals surface area contributed by atoms with Crippen LogP contribution in [0.2, 0.25) is 5.02 Å². The number of benzene rings is 1. The van der Waals surface area contributed by atoms with Crippen molar-refractivity contribution in [2.75, 3.05) is 37.8 Å². The third-order valence-corrected chi connectivity index (χ3v) is 4.43. The Morgan fingerprint density at radius 3 is 2.84 bits per heavy atom. The van der Waals surface area contributed by atoms with E-state index in [0.717, 1.165) is 31.0 Å².